The van der Waals surface area contributed by atoms with Crippen LogP contribution in [-0.4, -0.2) is 42.1 Å². The van der Waals surface area contributed by atoms with Gasteiger partial charge in [0.15, 0.2) is 0 Å². The van der Waals surface area contributed by atoms with Crippen molar-refractivity contribution >= 4 is 23.7 Å². The smallest absolute Gasteiger partial charge is 0.410 e. The van der Waals surface area contributed by atoms with E-state index in [0.29, 0.717) is 25.1 Å². The Morgan fingerprint density at radius 3 is 2.52 bits per heavy atom. The highest BCUT2D eigenvalue weighted by Gasteiger charge is 2.35. The van der Waals surface area contributed by atoms with Gasteiger partial charge in [-0.25, -0.2) is 9.59 Å². The van der Waals surface area contributed by atoms with E-state index in [1.54, 1.807) is 31.2 Å². The minimum Gasteiger partial charge on any atom is -0.462 e. The molecule has 1 N–H and O–H groups in total. The zero-order chi connectivity index (χ0) is 20.6. The predicted octanol–water partition coefficient (Wildman–Crippen LogP) is 3.60. The van der Waals surface area contributed by atoms with Crippen molar-refractivity contribution in [1.29, 1.82) is 0 Å². The minimum absolute atomic E-state index is 0.149. The molecule has 1 saturated heterocycles. The summed E-state index contributed by atoms with van der Waals surface area (Å²) in [6.07, 6.45) is 0.719. The van der Waals surface area contributed by atoms with Crippen molar-refractivity contribution in [3.63, 3.8) is 0 Å². The number of hydrogen-bond acceptors (Lipinski definition) is 5. The molecule has 1 fully saturated rings. The summed E-state index contributed by atoms with van der Waals surface area (Å²) in [5.41, 5.74) is 1.52. The molecular formula is C22H24N2O5. The number of anilines is 1. The second-order valence-corrected chi connectivity index (χ2v) is 6.65. The van der Waals surface area contributed by atoms with Crippen LogP contribution in [0.2, 0.25) is 0 Å². The fourth-order valence-corrected chi connectivity index (χ4v) is 3.26. The second kappa shape index (κ2) is 9.73. The number of nitrogens with one attached hydrogen (secondary N) is 1. The molecule has 0 aliphatic carbocycles. The molecular weight excluding hydrogens is 372 g/mol. The third kappa shape index (κ3) is 5.13. The van der Waals surface area contributed by atoms with Crippen LogP contribution < -0.4 is 5.32 Å². The topological polar surface area (TPSA) is 84.9 Å². The molecule has 1 heterocycles. The molecule has 7 heteroatoms. The van der Waals surface area contributed by atoms with E-state index in [-0.39, 0.29) is 24.7 Å². The monoisotopic (exact) mass is 396 g/mol. The largest absolute Gasteiger partial charge is 0.462 e. The van der Waals surface area contributed by atoms with Crippen LogP contribution in [0.15, 0.2) is 54.6 Å². The first-order chi connectivity index (χ1) is 14.1. The van der Waals surface area contributed by atoms with E-state index in [1.807, 2.05) is 30.3 Å². The van der Waals surface area contributed by atoms with Crippen molar-refractivity contribution in [3.05, 3.63) is 65.7 Å². The van der Waals surface area contributed by atoms with Crippen LogP contribution in [-0.2, 0) is 20.9 Å². The van der Waals surface area contributed by atoms with Gasteiger partial charge in [0.2, 0.25) is 5.91 Å². The standard InChI is InChI=1S/C22H24N2O5/c1-2-28-21(26)17-11-6-7-12-18(17)23-20(25)19-13-8-14-24(19)22(27)29-15-16-9-4-3-5-10-16/h3-7,9-12,19H,2,8,13-15H2,1H3,(H,23,25)/t19-/m1/s1. The molecule has 152 valence electrons. The summed E-state index contributed by atoms with van der Waals surface area (Å²) < 4.78 is 10.4. The van der Waals surface area contributed by atoms with Crippen LogP contribution in [0.1, 0.15) is 35.7 Å². The van der Waals surface area contributed by atoms with Gasteiger partial charge >= 0.3 is 12.1 Å². The van der Waals surface area contributed by atoms with Crippen molar-refractivity contribution in [1.82, 2.24) is 4.90 Å². The van der Waals surface area contributed by atoms with E-state index in [1.165, 1.54) is 4.90 Å². The van der Waals surface area contributed by atoms with Crippen molar-refractivity contribution in [3.8, 4) is 0 Å². The molecule has 0 unspecified atom stereocenters. The minimum atomic E-state index is -0.645. The summed E-state index contributed by atoms with van der Waals surface area (Å²) in [5, 5.41) is 2.76. The van der Waals surface area contributed by atoms with Gasteiger partial charge in [0.25, 0.3) is 0 Å². The van der Waals surface area contributed by atoms with Crippen molar-refractivity contribution in [2.24, 2.45) is 0 Å². The van der Waals surface area contributed by atoms with Gasteiger partial charge in [-0.3, -0.25) is 9.69 Å². The third-order valence-corrected chi connectivity index (χ3v) is 4.68. The maximum absolute atomic E-state index is 12.8. The molecule has 0 spiro atoms. The zero-order valence-electron chi connectivity index (χ0n) is 16.3. The Morgan fingerprint density at radius 1 is 1.03 bits per heavy atom. The summed E-state index contributed by atoms with van der Waals surface area (Å²) in [5.74, 6) is -0.857. The Balaban J connectivity index is 1.64. The van der Waals surface area contributed by atoms with Gasteiger partial charge in [0, 0.05) is 6.54 Å². The van der Waals surface area contributed by atoms with E-state index in [0.717, 1.165) is 5.56 Å². The van der Waals surface area contributed by atoms with Gasteiger partial charge in [-0.2, -0.15) is 0 Å². The number of nitrogens with zero attached hydrogens (tertiary/aromatic N) is 1. The number of benzene rings is 2. The average molecular weight is 396 g/mol. The first-order valence-electron chi connectivity index (χ1n) is 9.64. The van der Waals surface area contributed by atoms with Crippen LogP contribution in [0.25, 0.3) is 0 Å². The van der Waals surface area contributed by atoms with Crippen LogP contribution in [0.3, 0.4) is 0 Å². The predicted molar refractivity (Wildman–Crippen MR) is 107 cm³/mol. The SMILES string of the molecule is CCOC(=O)c1ccccc1NC(=O)[C@H]1CCCN1C(=O)OCc1ccccc1. The third-order valence-electron chi connectivity index (χ3n) is 4.68. The summed E-state index contributed by atoms with van der Waals surface area (Å²) in [6, 6.07) is 15.4. The Hall–Kier alpha value is -3.35. The number of likely N-dealkylation sites (tertiary alicyclic amines) is 1. The highest BCUT2D eigenvalue weighted by Crippen LogP contribution is 2.22. The first-order valence-corrected chi connectivity index (χ1v) is 9.64. The van der Waals surface area contributed by atoms with Gasteiger partial charge in [0.1, 0.15) is 12.6 Å². The lowest BCUT2D eigenvalue weighted by molar-refractivity contribution is -0.120. The lowest BCUT2D eigenvalue weighted by atomic mass is 10.1. The highest BCUT2D eigenvalue weighted by atomic mass is 16.6. The van der Waals surface area contributed by atoms with Gasteiger partial charge in [-0.15, -0.1) is 0 Å². The second-order valence-electron chi connectivity index (χ2n) is 6.65. The maximum atomic E-state index is 12.8. The Labute approximate surface area is 169 Å². The van der Waals surface area contributed by atoms with E-state index in [2.05, 4.69) is 5.32 Å². The number of carbonyl (C=O) groups is 3. The molecule has 2 aromatic rings. The molecule has 0 aromatic heterocycles. The van der Waals surface area contributed by atoms with Crippen molar-refractivity contribution in [2.45, 2.75) is 32.4 Å². The molecule has 1 atom stereocenters. The average Bonchev–Trinajstić information content (AvgIpc) is 3.23. The van der Waals surface area contributed by atoms with Gasteiger partial charge < -0.3 is 14.8 Å². The Bertz CT molecular complexity index is 869. The molecule has 0 bridgehead atoms. The van der Waals surface area contributed by atoms with Gasteiger partial charge in [-0.1, -0.05) is 42.5 Å². The molecule has 2 aromatic carbocycles. The Morgan fingerprint density at radius 2 is 1.76 bits per heavy atom. The number of carbonyl (C=O) groups excluding carboxylic acids is 3. The van der Waals surface area contributed by atoms with E-state index >= 15 is 0 Å². The lowest BCUT2D eigenvalue weighted by Gasteiger charge is -2.23. The zero-order valence-corrected chi connectivity index (χ0v) is 16.3. The van der Waals surface area contributed by atoms with E-state index in [4.69, 9.17) is 9.47 Å². The lowest BCUT2D eigenvalue weighted by Crippen LogP contribution is -2.43. The quantitative estimate of drug-likeness (QED) is 0.754. The summed E-state index contributed by atoms with van der Waals surface area (Å²) in [4.78, 5) is 38.9. The van der Waals surface area contributed by atoms with Gasteiger partial charge in [-0.05, 0) is 37.5 Å². The molecule has 2 amide bonds. The molecule has 0 saturated carbocycles. The fourth-order valence-electron chi connectivity index (χ4n) is 3.26. The van der Waals surface area contributed by atoms with Crippen LogP contribution in [0, 0.1) is 0 Å². The number of para-hydroxylation sites is 1. The fraction of sp³-hybridized carbons (Fsp3) is 0.318. The van der Waals surface area contributed by atoms with Crippen LogP contribution in [0.5, 0.6) is 0 Å². The summed E-state index contributed by atoms with van der Waals surface area (Å²) >= 11 is 0. The molecule has 1 aliphatic rings. The van der Waals surface area contributed by atoms with Crippen molar-refractivity contribution < 1.29 is 23.9 Å². The summed E-state index contributed by atoms with van der Waals surface area (Å²) in [7, 11) is 0. The number of esters is 1. The van der Waals surface area contributed by atoms with Crippen molar-refractivity contribution in [2.75, 3.05) is 18.5 Å². The molecule has 1 aliphatic heterocycles. The first kappa shape index (κ1) is 20.4. The van der Waals surface area contributed by atoms with Crippen LogP contribution >= 0.6 is 0 Å². The number of rotatable bonds is 6. The molecule has 29 heavy (non-hydrogen) atoms. The normalized spacial score (nSPS) is 15.6. The van der Waals surface area contributed by atoms with Crippen LogP contribution in [0.4, 0.5) is 10.5 Å². The van der Waals surface area contributed by atoms with E-state index < -0.39 is 18.1 Å². The Kier molecular flexibility index (Phi) is 6.84. The molecule has 7 nitrogen and oxygen atoms in total. The number of hydrogen-bond donors (Lipinski definition) is 1. The number of amides is 2. The molecule has 3 rings (SSSR count). The highest BCUT2D eigenvalue weighted by molar-refractivity contribution is 6.03. The number of ether oxygens (including phenoxy) is 2. The summed E-state index contributed by atoms with van der Waals surface area (Å²) in [6.45, 7) is 2.56. The van der Waals surface area contributed by atoms with E-state index in [9.17, 15) is 14.4 Å². The molecule has 0 radical (unpaired) electrons. The maximum Gasteiger partial charge on any atom is 0.410 e. The van der Waals surface area contributed by atoms with Gasteiger partial charge in [0.05, 0.1) is 17.9 Å².